The largest absolute Gasteiger partial charge is 0.492 e. The summed E-state index contributed by atoms with van der Waals surface area (Å²) in [6, 6.07) is 5.64. The Bertz CT molecular complexity index is 387. The van der Waals surface area contributed by atoms with Crippen molar-refractivity contribution in [2.45, 2.75) is 25.9 Å². The van der Waals surface area contributed by atoms with Crippen molar-refractivity contribution in [2.75, 3.05) is 32.5 Å². The summed E-state index contributed by atoms with van der Waals surface area (Å²) in [7, 11) is 2.15. The number of benzene rings is 1. The Morgan fingerprint density at radius 3 is 2.72 bits per heavy atom. The molecule has 2 rings (SSSR count). The van der Waals surface area contributed by atoms with Gasteiger partial charge in [0.05, 0.1) is 12.3 Å². The summed E-state index contributed by atoms with van der Waals surface area (Å²) in [5.74, 6) is 1.56. The van der Waals surface area contributed by atoms with Crippen LogP contribution in [-0.2, 0) is 0 Å². The van der Waals surface area contributed by atoms with Crippen LogP contribution in [0.5, 0.6) is 11.5 Å². The zero-order valence-corrected chi connectivity index (χ0v) is 11.2. The number of hydrogen-bond donors (Lipinski definition) is 1. The van der Waals surface area contributed by atoms with Crippen molar-refractivity contribution in [3.05, 3.63) is 18.2 Å². The number of rotatable bonds is 4. The summed E-state index contributed by atoms with van der Waals surface area (Å²) in [5, 5.41) is 0. The van der Waals surface area contributed by atoms with Gasteiger partial charge in [0.1, 0.15) is 17.6 Å². The SMILES string of the molecule is CCOc1cc(OC2CCN(C)CC2)ccc1N. The molecular weight excluding hydrogens is 228 g/mol. The van der Waals surface area contributed by atoms with Crippen LogP contribution in [-0.4, -0.2) is 37.7 Å². The van der Waals surface area contributed by atoms with E-state index in [9.17, 15) is 0 Å². The summed E-state index contributed by atoms with van der Waals surface area (Å²) < 4.78 is 11.5. The average Bonchev–Trinajstić information content (AvgIpc) is 2.37. The highest BCUT2D eigenvalue weighted by atomic mass is 16.5. The van der Waals surface area contributed by atoms with Crippen molar-refractivity contribution in [3.8, 4) is 11.5 Å². The Labute approximate surface area is 109 Å². The van der Waals surface area contributed by atoms with Gasteiger partial charge < -0.3 is 20.1 Å². The van der Waals surface area contributed by atoms with Crippen molar-refractivity contribution in [2.24, 2.45) is 0 Å². The highest BCUT2D eigenvalue weighted by Gasteiger charge is 2.18. The van der Waals surface area contributed by atoms with E-state index in [1.807, 2.05) is 25.1 Å². The molecule has 1 aromatic rings. The fraction of sp³-hybridized carbons (Fsp3) is 0.571. The first-order chi connectivity index (χ1) is 8.69. The van der Waals surface area contributed by atoms with Crippen molar-refractivity contribution >= 4 is 5.69 Å². The van der Waals surface area contributed by atoms with Crippen molar-refractivity contribution in [1.29, 1.82) is 0 Å². The Hall–Kier alpha value is -1.42. The number of nitrogen functional groups attached to an aromatic ring is 1. The van der Waals surface area contributed by atoms with E-state index in [0.717, 1.165) is 31.7 Å². The lowest BCUT2D eigenvalue weighted by Gasteiger charge is -2.29. The molecule has 1 aromatic carbocycles. The lowest BCUT2D eigenvalue weighted by Crippen LogP contribution is -2.35. The molecule has 18 heavy (non-hydrogen) atoms. The molecule has 4 heteroatoms. The molecule has 0 saturated carbocycles. The van der Waals surface area contributed by atoms with Crippen LogP contribution in [0, 0.1) is 0 Å². The Balaban J connectivity index is 1.98. The summed E-state index contributed by atoms with van der Waals surface area (Å²) in [6.07, 6.45) is 2.45. The third-order valence-corrected chi connectivity index (χ3v) is 3.25. The number of likely N-dealkylation sites (tertiary alicyclic amines) is 1. The van der Waals surface area contributed by atoms with Crippen LogP contribution in [0.3, 0.4) is 0 Å². The van der Waals surface area contributed by atoms with E-state index < -0.39 is 0 Å². The van der Waals surface area contributed by atoms with Crippen LogP contribution in [0.2, 0.25) is 0 Å². The molecule has 0 amide bonds. The molecule has 0 radical (unpaired) electrons. The van der Waals surface area contributed by atoms with Crippen molar-refractivity contribution < 1.29 is 9.47 Å². The molecule has 100 valence electrons. The third-order valence-electron chi connectivity index (χ3n) is 3.25. The first-order valence-electron chi connectivity index (χ1n) is 6.56. The van der Waals surface area contributed by atoms with E-state index in [0.29, 0.717) is 24.1 Å². The quantitative estimate of drug-likeness (QED) is 0.832. The Kier molecular flexibility index (Phi) is 4.31. The number of ether oxygens (including phenoxy) is 2. The molecule has 1 aliphatic rings. The highest BCUT2D eigenvalue weighted by molar-refractivity contribution is 5.55. The fourth-order valence-electron chi connectivity index (χ4n) is 2.16. The Morgan fingerprint density at radius 2 is 2.06 bits per heavy atom. The minimum Gasteiger partial charge on any atom is -0.492 e. The van der Waals surface area contributed by atoms with E-state index in [-0.39, 0.29) is 0 Å². The minimum absolute atomic E-state index is 0.305. The van der Waals surface area contributed by atoms with Gasteiger partial charge in [-0.25, -0.2) is 0 Å². The second-order valence-electron chi connectivity index (χ2n) is 4.75. The topological polar surface area (TPSA) is 47.7 Å². The van der Waals surface area contributed by atoms with Gasteiger partial charge in [0.15, 0.2) is 0 Å². The number of hydrogen-bond acceptors (Lipinski definition) is 4. The van der Waals surface area contributed by atoms with Gasteiger partial charge in [-0.05, 0) is 38.9 Å². The summed E-state index contributed by atoms with van der Waals surface area (Å²) in [5.41, 5.74) is 6.50. The van der Waals surface area contributed by atoms with E-state index in [1.165, 1.54) is 0 Å². The van der Waals surface area contributed by atoms with E-state index >= 15 is 0 Å². The lowest BCUT2D eigenvalue weighted by atomic mass is 10.1. The van der Waals surface area contributed by atoms with Crippen molar-refractivity contribution in [3.63, 3.8) is 0 Å². The van der Waals surface area contributed by atoms with Crippen LogP contribution in [0.25, 0.3) is 0 Å². The maximum atomic E-state index is 5.98. The number of anilines is 1. The van der Waals surface area contributed by atoms with Gasteiger partial charge >= 0.3 is 0 Å². The molecule has 1 saturated heterocycles. The first-order valence-corrected chi connectivity index (χ1v) is 6.56. The zero-order chi connectivity index (χ0) is 13.0. The van der Waals surface area contributed by atoms with Gasteiger partial charge in [-0.3, -0.25) is 0 Å². The normalized spacial score (nSPS) is 17.7. The van der Waals surface area contributed by atoms with Crippen LogP contribution < -0.4 is 15.2 Å². The van der Waals surface area contributed by atoms with Gasteiger partial charge in [0.2, 0.25) is 0 Å². The number of piperidine rings is 1. The van der Waals surface area contributed by atoms with E-state index in [1.54, 1.807) is 0 Å². The smallest absolute Gasteiger partial charge is 0.145 e. The summed E-state index contributed by atoms with van der Waals surface area (Å²) in [4.78, 5) is 2.33. The predicted molar refractivity (Wildman–Crippen MR) is 73.2 cm³/mol. The van der Waals surface area contributed by atoms with Crippen molar-refractivity contribution in [1.82, 2.24) is 4.90 Å². The maximum absolute atomic E-state index is 5.98. The Morgan fingerprint density at radius 1 is 1.33 bits per heavy atom. The van der Waals surface area contributed by atoms with Crippen LogP contribution in [0.4, 0.5) is 5.69 Å². The monoisotopic (exact) mass is 250 g/mol. The molecule has 0 aliphatic carbocycles. The molecule has 0 unspecified atom stereocenters. The predicted octanol–water partition coefficient (Wildman–Crippen LogP) is 2.14. The highest BCUT2D eigenvalue weighted by Crippen LogP contribution is 2.28. The third kappa shape index (κ3) is 3.29. The van der Waals surface area contributed by atoms with Crippen LogP contribution in [0.1, 0.15) is 19.8 Å². The first kappa shape index (κ1) is 13.0. The molecule has 0 aromatic heterocycles. The van der Waals surface area contributed by atoms with Gasteiger partial charge in [0.25, 0.3) is 0 Å². The molecule has 1 aliphatic heterocycles. The fourth-order valence-corrected chi connectivity index (χ4v) is 2.16. The van der Waals surface area contributed by atoms with Gasteiger partial charge in [-0.1, -0.05) is 0 Å². The lowest BCUT2D eigenvalue weighted by molar-refractivity contribution is 0.114. The van der Waals surface area contributed by atoms with E-state index in [4.69, 9.17) is 15.2 Å². The standard InChI is InChI=1S/C14H22N2O2/c1-3-17-14-10-12(4-5-13(14)15)18-11-6-8-16(2)9-7-11/h4-5,10-11H,3,6-9,15H2,1-2H3. The summed E-state index contributed by atoms with van der Waals surface area (Å²) >= 11 is 0. The number of nitrogens with zero attached hydrogens (tertiary/aromatic N) is 1. The van der Waals surface area contributed by atoms with Gasteiger partial charge in [-0.2, -0.15) is 0 Å². The molecule has 0 atom stereocenters. The van der Waals surface area contributed by atoms with Gasteiger partial charge in [0, 0.05) is 19.2 Å². The maximum Gasteiger partial charge on any atom is 0.145 e. The molecule has 2 N–H and O–H groups in total. The molecule has 0 spiro atoms. The van der Waals surface area contributed by atoms with Crippen LogP contribution >= 0.6 is 0 Å². The second kappa shape index (κ2) is 5.96. The van der Waals surface area contributed by atoms with Gasteiger partial charge in [-0.15, -0.1) is 0 Å². The zero-order valence-electron chi connectivity index (χ0n) is 11.2. The van der Waals surface area contributed by atoms with E-state index in [2.05, 4.69) is 11.9 Å². The summed E-state index contributed by atoms with van der Waals surface area (Å²) in [6.45, 7) is 4.75. The average molecular weight is 250 g/mol. The molecule has 1 heterocycles. The molecule has 4 nitrogen and oxygen atoms in total. The minimum atomic E-state index is 0.305. The second-order valence-corrected chi connectivity index (χ2v) is 4.75. The molecule has 1 fully saturated rings. The molecule has 0 bridgehead atoms. The van der Waals surface area contributed by atoms with Crippen LogP contribution in [0.15, 0.2) is 18.2 Å². The molecular formula is C14H22N2O2. The number of nitrogens with two attached hydrogens (primary N) is 1.